The highest BCUT2D eigenvalue weighted by atomic mass is 32.2. The Hall–Kier alpha value is -2.05. The number of alkyl halides is 3. The molecule has 3 heterocycles. The number of halogens is 3. The maximum Gasteiger partial charge on any atom is 0.416 e. The molecule has 1 N–H and O–H groups in total. The zero-order chi connectivity index (χ0) is 26.8. The van der Waals surface area contributed by atoms with E-state index in [4.69, 9.17) is 18.6 Å². The molecule has 0 amide bonds. The van der Waals surface area contributed by atoms with Crippen LogP contribution in [0.2, 0.25) is 0 Å². The molecule has 0 saturated carbocycles. The third-order valence-electron chi connectivity index (χ3n) is 7.47. The van der Waals surface area contributed by atoms with Gasteiger partial charge in [0.25, 0.3) is 10.1 Å². The van der Waals surface area contributed by atoms with Crippen molar-refractivity contribution in [1.82, 2.24) is 4.98 Å². The van der Waals surface area contributed by atoms with Crippen LogP contribution < -0.4 is 0 Å². The summed E-state index contributed by atoms with van der Waals surface area (Å²) in [4.78, 5) is 4.80. The summed E-state index contributed by atoms with van der Waals surface area (Å²) < 4.78 is 80.9. The van der Waals surface area contributed by atoms with Crippen LogP contribution in [0.5, 0.6) is 0 Å². The summed E-state index contributed by atoms with van der Waals surface area (Å²) in [6.07, 6.45) is -3.14. The van der Waals surface area contributed by atoms with Crippen molar-refractivity contribution in [3.8, 4) is 0 Å². The topological polar surface area (TPSA) is 95.0 Å². The number of fused-ring (bicyclic) bond motifs is 4. The summed E-state index contributed by atoms with van der Waals surface area (Å²) in [7, 11) is -3.81. The number of aliphatic hydroxyl groups is 1. The van der Waals surface area contributed by atoms with Gasteiger partial charge in [-0.05, 0) is 41.5 Å². The molecule has 7 nitrogen and oxygen atoms in total. The first-order chi connectivity index (χ1) is 17.2. The molecule has 2 atom stereocenters. The van der Waals surface area contributed by atoms with Gasteiger partial charge in [0.2, 0.25) is 0 Å². The van der Waals surface area contributed by atoms with E-state index in [1.807, 2.05) is 13.8 Å². The van der Waals surface area contributed by atoms with Gasteiger partial charge in [0.15, 0.2) is 0 Å². The fourth-order valence-electron chi connectivity index (χ4n) is 5.90. The zero-order valence-electron chi connectivity index (χ0n) is 20.9. The third kappa shape index (κ3) is 5.04. The van der Waals surface area contributed by atoms with Gasteiger partial charge in [-0.3, -0.25) is 9.17 Å². The minimum atomic E-state index is -4.49. The highest BCUT2D eigenvalue weighted by Crippen LogP contribution is 2.57. The Morgan fingerprint density at radius 1 is 1.14 bits per heavy atom. The number of hydrogen-bond donors (Lipinski definition) is 1. The highest BCUT2D eigenvalue weighted by Gasteiger charge is 2.52. The fourth-order valence-corrected chi connectivity index (χ4v) is 6.23. The number of benzene rings is 1. The molecular weight excluding hydrogens is 511 g/mol. The maximum absolute atomic E-state index is 13.2. The number of hydrogen-bond acceptors (Lipinski definition) is 7. The van der Waals surface area contributed by atoms with Crippen LogP contribution in [0, 0.1) is 5.41 Å². The van der Waals surface area contributed by atoms with Gasteiger partial charge in [0.05, 0.1) is 29.2 Å². The number of ether oxygens (including phenoxy) is 2. The van der Waals surface area contributed by atoms with Crippen LogP contribution in [-0.2, 0) is 48.6 Å². The van der Waals surface area contributed by atoms with E-state index in [9.17, 15) is 26.7 Å². The van der Waals surface area contributed by atoms with Crippen LogP contribution in [0.3, 0.4) is 0 Å². The van der Waals surface area contributed by atoms with E-state index in [0.717, 1.165) is 24.0 Å². The minimum Gasteiger partial charge on any atom is -0.388 e. The van der Waals surface area contributed by atoms with E-state index in [2.05, 4.69) is 0 Å². The van der Waals surface area contributed by atoms with E-state index >= 15 is 0 Å². The quantitative estimate of drug-likeness (QED) is 0.561. The molecule has 2 aromatic rings. The first-order valence-electron chi connectivity index (χ1n) is 12.2. The summed E-state index contributed by atoms with van der Waals surface area (Å²) in [5.74, 6) is 0. The molecule has 5 rings (SSSR count). The second kappa shape index (κ2) is 9.01. The SMILES string of the molecule is CC1(C)Cc2nc(COS(C)(=O)=O)c3c(c2C(O)C1)C1(CCOCC1)O[C@@H]3c1ccc(C(F)(F)F)cc1. The molecule has 11 heteroatoms. The Kier molecular flexibility index (Phi) is 6.47. The van der Waals surface area contributed by atoms with Crippen molar-refractivity contribution >= 4 is 10.1 Å². The molecule has 37 heavy (non-hydrogen) atoms. The first-order valence-corrected chi connectivity index (χ1v) is 14.0. The van der Waals surface area contributed by atoms with Crippen LogP contribution in [0.25, 0.3) is 0 Å². The predicted octanol–water partition coefficient (Wildman–Crippen LogP) is 4.71. The van der Waals surface area contributed by atoms with Crippen molar-refractivity contribution in [2.45, 2.75) is 70.1 Å². The average Bonchev–Trinajstić information content (AvgIpc) is 3.10. The number of pyridine rings is 1. The summed E-state index contributed by atoms with van der Waals surface area (Å²) >= 11 is 0. The highest BCUT2D eigenvalue weighted by molar-refractivity contribution is 7.85. The van der Waals surface area contributed by atoms with E-state index < -0.39 is 39.7 Å². The largest absolute Gasteiger partial charge is 0.416 e. The lowest BCUT2D eigenvalue weighted by Gasteiger charge is -2.40. The third-order valence-corrected chi connectivity index (χ3v) is 8.01. The number of rotatable bonds is 4. The molecule has 1 aromatic heterocycles. The maximum atomic E-state index is 13.2. The molecule has 1 unspecified atom stereocenters. The van der Waals surface area contributed by atoms with Gasteiger partial charge < -0.3 is 14.6 Å². The van der Waals surface area contributed by atoms with Crippen molar-refractivity contribution in [3.63, 3.8) is 0 Å². The molecule has 1 fully saturated rings. The Balaban J connectivity index is 1.73. The standard InChI is InChI=1S/C26H30F3NO6S/c1-24(2)12-17-20(19(31)13-24)22-21(18(30-17)14-35-37(3,32)33)23(36-25(22)8-10-34-11-9-25)15-4-6-16(7-5-15)26(27,28)29/h4-7,19,23,31H,8-14H2,1-3H3/t19?,23-/m1/s1. The molecule has 1 aromatic carbocycles. The van der Waals surface area contributed by atoms with E-state index in [-0.39, 0.29) is 12.0 Å². The Bertz CT molecular complexity index is 1300. The van der Waals surface area contributed by atoms with Crippen LogP contribution >= 0.6 is 0 Å². The molecule has 1 saturated heterocycles. The van der Waals surface area contributed by atoms with Gasteiger partial charge in [0.1, 0.15) is 12.7 Å². The summed E-state index contributed by atoms with van der Waals surface area (Å²) in [5.41, 5.74) is 1.60. The van der Waals surface area contributed by atoms with E-state index in [0.29, 0.717) is 67.0 Å². The molecule has 0 bridgehead atoms. The molecule has 3 aliphatic rings. The lowest BCUT2D eigenvalue weighted by atomic mass is 9.70. The van der Waals surface area contributed by atoms with Crippen molar-refractivity contribution in [3.05, 3.63) is 63.5 Å². The van der Waals surface area contributed by atoms with Crippen LogP contribution in [0.15, 0.2) is 24.3 Å². The Labute approximate surface area is 214 Å². The lowest BCUT2D eigenvalue weighted by molar-refractivity contribution is -0.137. The second-order valence-corrected chi connectivity index (χ2v) is 12.6. The normalized spacial score (nSPS) is 24.6. The van der Waals surface area contributed by atoms with Gasteiger partial charge >= 0.3 is 6.18 Å². The molecular formula is C26H30F3NO6S. The van der Waals surface area contributed by atoms with E-state index in [1.165, 1.54) is 12.1 Å². The molecule has 2 aliphatic heterocycles. The lowest BCUT2D eigenvalue weighted by Crippen LogP contribution is -2.37. The smallest absolute Gasteiger partial charge is 0.388 e. The Morgan fingerprint density at radius 3 is 2.38 bits per heavy atom. The van der Waals surface area contributed by atoms with Gasteiger partial charge in [-0.25, -0.2) is 0 Å². The van der Waals surface area contributed by atoms with Crippen LogP contribution in [-0.4, -0.2) is 38.0 Å². The minimum absolute atomic E-state index is 0.238. The van der Waals surface area contributed by atoms with Gasteiger partial charge in [-0.1, -0.05) is 26.0 Å². The molecule has 1 aliphatic carbocycles. The molecule has 202 valence electrons. The monoisotopic (exact) mass is 541 g/mol. The summed E-state index contributed by atoms with van der Waals surface area (Å²) in [6.45, 7) is 4.54. The number of aliphatic hydroxyl groups excluding tert-OH is 1. The summed E-state index contributed by atoms with van der Waals surface area (Å²) in [5, 5.41) is 11.3. The van der Waals surface area contributed by atoms with Crippen LogP contribution in [0.1, 0.15) is 84.5 Å². The average molecular weight is 542 g/mol. The summed E-state index contributed by atoms with van der Waals surface area (Å²) in [6, 6.07) is 4.75. The van der Waals surface area contributed by atoms with Gasteiger partial charge in [-0.2, -0.15) is 21.6 Å². The van der Waals surface area contributed by atoms with E-state index in [1.54, 1.807) is 0 Å². The predicted molar refractivity (Wildman–Crippen MR) is 127 cm³/mol. The zero-order valence-corrected chi connectivity index (χ0v) is 21.7. The van der Waals surface area contributed by atoms with Crippen molar-refractivity contribution in [1.29, 1.82) is 0 Å². The van der Waals surface area contributed by atoms with Gasteiger partial charge in [-0.15, -0.1) is 0 Å². The van der Waals surface area contributed by atoms with Crippen LogP contribution in [0.4, 0.5) is 13.2 Å². The molecule has 0 radical (unpaired) electrons. The molecule has 1 spiro atoms. The van der Waals surface area contributed by atoms with Crippen molar-refractivity contribution in [2.75, 3.05) is 19.5 Å². The van der Waals surface area contributed by atoms with Crippen molar-refractivity contribution in [2.24, 2.45) is 5.41 Å². The van der Waals surface area contributed by atoms with Crippen molar-refractivity contribution < 1.29 is 40.4 Å². The van der Waals surface area contributed by atoms with Gasteiger partial charge in [0, 0.05) is 42.9 Å². The Morgan fingerprint density at radius 2 is 1.78 bits per heavy atom. The first kappa shape index (κ1) is 26.6. The number of aromatic nitrogens is 1. The number of nitrogens with zero attached hydrogens (tertiary/aromatic N) is 1. The fraction of sp³-hybridized carbons (Fsp3) is 0.577. The second-order valence-electron chi connectivity index (χ2n) is 11.0.